The molecular weight excluding hydrogens is 322 g/mol. The van der Waals surface area contributed by atoms with Crippen LogP contribution < -0.4 is 5.32 Å². The molecule has 1 unspecified atom stereocenters. The number of carbonyl (C=O) groups is 2. The van der Waals surface area contributed by atoms with Gasteiger partial charge in [-0.25, -0.2) is 0 Å². The Balaban J connectivity index is 1.50. The maximum Gasteiger partial charge on any atom is 0.256 e. The molecule has 0 bridgehead atoms. The minimum Gasteiger partial charge on any atom is -0.381 e. The fourth-order valence-electron chi connectivity index (χ4n) is 3.56. The molecule has 0 aromatic carbocycles. The fraction of sp³-hybridized carbons (Fsp3) is 0.611. The van der Waals surface area contributed by atoms with Crippen LogP contribution in [0.15, 0.2) is 23.4 Å². The second kappa shape index (κ2) is 7.82. The Morgan fingerprint density at radius 2 is 2.16 bits per heavy atom. The zero-order valence-electron chi connectivity index (χ0n) is 14.6. The van der Waals surface area contributed by atoms with Crippen molar-refractivity contribution in [1.82, 2.24) is 15.4 Å². The quantitative estimate of drug-likeness (QED) is 0.792. The van der Waals surface area contributed by atoms with Crippen LogP contribution in [0.5, 0.6) is 0 Å². The number of carbonyl (C=O) groups excluding carboxylic acids is 2. The maximum absolute atomic E-state index is 12.6. The molecule has 2 amide bonds. The maximum atomic E-state index is 12.6. The largest absolute Gasteiger partial charge is 0.381 e. The van der Waals surface area contributed by atoms with Crippen molar-refractivity contribution in [1.29, 1.82) is 0 Å². The highest BCUT2D eigenvalue weighted by Gasteiger charge is 2.31. The van der Waals surface area contributed by atoms with E-state index in [2.05, 4.69) is 17.1 Å². The van der Waals surface area contributed by atoms with Crippen LogP contribution in [0.2, 0.25) is 0 Å². The number of ether oxygens (including phenoxy) is 1. The number of hydrogen-bond donors (Lipinski definition) is 1. The Hall–Kier alpha value is -2.15. The van der Waals surface area contributed by atoms with Crippen molar-refractivity contribution in [3.63, 3.8) is 0 Å². The molecular formula is C18H25N3O4. The molecule has 2 aliphatic rings. The second-order valence-electron chi connectivity index (χ2n) is 6.91. The van der Waals surface area contributed by atoms with E-state index in [0.717, 1.165) is 32.4 Å². The lowest BCUT2D eigenvalue weighted by molar-refractivity contribution is -0.132. The lowest BCUT2D eigenvalue weighted by Gasteiger charge is -2.40. The van der Waals surface area contributed by atoms with Crippen LogP contribution in [-0.4, -0.2) is 54.2 Å². The number of aromatic nitrogens is 1. The number of rotatable bonds is 6. The van der Waals surface area contributed by atoms with Crippen molar-refractivity contribution in [2.45, 2.75) is 38.1 Å². The third kappa shape index (κ3) is 4.10. The molecule has 136 valence electrons. The van der Waals surface area contributed by atoms with Crippen LogP contribution in [0.4, 0.5) is 0 Å². The van der Waals surface area contributed by atoms with Gasteiger partial charge in [0.2, 0.25) is 5.91 Å². The van der Waals surface area contributed by atoms with E-state index in [-0.39, 0.29) is 23.8 Å². The number of nitrogens with one attached hydrogen (secondary N) is 1. The van der Waals surface area contributed by atoms with Crippen molar-refractivity contribution in [2.24, 2.45) is 5.92 Å². The van der Waals surface area contributed by atoms with Gasteiger partial charge < -0.3 is 19.5 Å². The van der Waals surface area contributed by atoms with Gasteiger partial charge >= 0.3 is 0 Å². The number of likely N-dealkylation sites (tertiary alicyclic amines) is 1. The smallest absolute Gasteiger partial charge is 0.256 e. The molecule has 3 rings (SSSR count). The third-order valence-corrected chi connectivity index (χ3v) is 4.94. The van der Waals surface area contributed by atoms with Crippen molar-refractivity contribution in [2.75, 3.05) is 26.3 Å². The molecule has 0 radical (unpaired) electrons. The van der Waals surface area contributed by atoms with Gasteiger partial charge in [0.1, 0.15) is 5.56 Å². The van der Waals surface area contributed by atoms with Gasteiger partial charge in [0.05, 0.1) is 6.20 Å². The Bertz CT molecular complexity index is 630. The van der Waals surface area contributed by atoms with Crippen molar-refractivity contribution >= 4 is 11.8 Å². The molecule has 2 fully saturated rings. The minimum atomic E-state index is -0.145. The van der Waals surface area contributed by atoms with Gasteiger partial charge in [-0.1, -0.05) is 11.7 Å². The zero-order chi connectivity index (χ0) is 17.8. The summed E-state index contributed by atoms with van der Waals surface area (Å²) in [4.78, 5) is 25.8. The van der Waals surface area contributed by atoms with E-state index >= 15 is 0 Å². The summed E-state index contributed by atoms with van der Waals surface area (Å²) >= 11 is 0. The Morgan fingerprint density at radius 3 is 2.84 bits per heavy atom. The molecule has 2 aliphatic heterocycles. The van der Waals surface area contributed by atoms with Gasteiger partial charge in [0, 0.05) is 38.3 Å². The molecule has 3 heterocycles. The minimum absolute atomic E-state index is 0.0240. The first kappa shape index (κ1) is 17.7. The second-order valence-corrected chi connectivity index (χ2v) is 6.91. The molecule has 1 N–H and O–H groups in total. The molecule has 2 saturated heterocycles. The van der Waals surface area contributed by atoms with Crippen molar-refractivity contribution < 1.29 is 18.8 Å². The highest BCUT2D eigenvalue weighted by atomic mass is 16.5. The number of nitrogens with zero attached hydrogens (tertiary/aromatic N) is 2. The van der Waals surface area contributed by atoms with Gasteiger partial charge in [-0.15, -0.1) is 0 Å². The first-order valence-corrected chi connectivity index (χ1v) is 8.83. The lowest BCUT2D eigenvalue weighted by Crippen LogP contribution is -2.51. The number of hydrogen-bond acceptors (Lipinski definition) is 5. The topological polar surface area (TPSA) is 84.7 Å². The lowest BCUT2D eigenvalue weighted by atomic mass is 9.92. The summed E-state index contributed by atoms with van der Waals surface area (Å²) in [6.45, 7) is 8.30. The Kier molecular flexibility index (Phi) is 5.53. The van der Waals surface area contributed by atoms with Crippen LogP contribution in [-0.2, 0) is 9.53 Å². The summed E-state index contributed by atoms with van der Waals surface area (Å²) in [5, 5.41) is 6.85. The molecule has 1 aromatic rings. The summed E-state index contributed by atoms with van der Waals surface area (Å²) in [5.74, 6) is 1.10. The molecule has 0 spiro atoms. The van der Waals surface area contributed by atoms with Gasteiger partial charge in [-0.05, 0) is 38.2 Å². The zero-order valence-corrected chi connectivity index (χ0v) is 14.6. The van der Waals surface area contributed by atoms with Gasteiger partial charge in [0.25, 0.3) is 5.91 Å². The molecule has 0 saturated carbocycles. The van der Waals surface area contributed by atoms with Gasteiger partial charge in [-0.2, -0.15) is 0 Å². The van der Waals surface area contributed by atoms with Crippen molar-refractivity contribution in [3.8, 4) is 0 Å². The molecule has 7 heteroatoms. The summed E-state index contributed by atoms with van der Waals surface area (Å²) < 4.78 is 10.7. The molecule has 1 aromatic heterocycles. The summed E-state index contributed by atoms with van der Waals surface area (Å²) in [6, 6.07) is 0.0240. The first-order chi connectivity index (χ1) is 12.1. The van der Waals surface area contributed by atoms with Crippen LogP contribution in [0, 0.1) is 5.92 Å². The van der Waals surface area contributed by atoms with Gasteiger partial charge in [0.15, 0.2) is 5.76 Å². The third-order valence-electron chi connectivity index (χ3n) is 4.94. The molecule has 0 aliphatic carbocycles. The normalized spacial score (nSPS) is 20.0. The molecule has 25 heavy (non-hydrogen) atoms. The van der Waals surface area contributed by atoms with E-state index in [1.807, 2.05) is 6.92 Å². The SMILES string of the molecule is C=CC(=O)N1CC(CC(C)NC(=O)c2cnoc2C2CCOCC2)C1. The summed E-state index contributed by atoms with van der Waals surface area (Å²) in [5.41, 5.74) is 0.524. The predicted octanol–water partition coefficient (Wildman–Crippen LogP) is 1.72. The van der Waals surface area contributed by atoms with Gasteiger partial charge in [-0.3, -0.25) is 9.59 Å². The monoisotopic (exact) mass is 347 g/mol. The Labute approximate surface area is 147 Å². The van der Waals surface area contributed by atoms with Crippen LogP contribution in [0.1, 0.15) is 48.2 Å². The van der Waals surface area contributed by atoms with Crippen LogP contribution >= 0.6 is 0 Å². The van der Waals surface area contributed by atoms with Crippen LogP contribution in [0.3, 0.4) is 0 Å². The standard InChI is InChI=1S/C18H25N3O4/c1-3-16(22)21-10-13(11-21)8-12(2)20-18(23)15-9-19-25-17(15)14-4-6-24-7-5-14/h3,9,12-14H,1,4-8,10-11H2,2H3,(H,20,23). The highest BCUT2D eigenvalue weighted by molar-refractivity contribution is 5.95. The fourth-order valence-corrected chi connectivity index (χ4v) is 3.56. The van der Waals surface area contributed by atoms with E-state index in [1.165, 1.54) is 12.3 Å². The highest BCUT2D eigenvalue weighted by Crippen LogP contribution is 2.29. The average Bonchev–Trinajstić information content (AvgIpc) is 3.07. The molecule has 1 atom stereocenters. The van der Waals surface area contributed by atoms with E-state index < -0.39 is 0 Å². The van der Waals surface area contributed by atoms with E-state index in [9.17, 15) is 9.59 Å². The predicted molar refractivity (Wildman–Crippen MR) is 91.1 cm³/mol. The van der Waals surface area contributed by atoms with Crippen molar-refractivity contribution in [3.05, 3.63) is 30.2 Å². The van der Waals surface area contributed by atoms with Crippen LogP contribution in [0.25, 0.3) is 0 Å². The van der Waals surface area contributed by atoms with E-state index in [4.69, 9.17) is 9.26 Å². The van der Waals surface area contributed by atoms with E-state index in [1.54, 1.807) is 4.90 Å². The summed E-state index contributed by atoms with van der Waals surface area (Å²) in [7, 11) is 0. The summed E-state index contributed by atoms with van der Waals surface area (Å²) in [6.07, 6.45) is 5.37. The molecule has 7 nitrogen and oxygen atoms in total. The first-order valence-electron chi connectivity index (χ1n) is 8.83. The van der Waals surface area contributed by atoms with E-state index in [0.29, 0.717) is 30.5 Å². The Morgan fingerprint density at radius 1 is 1.44 bits per heavy atom. The average molecular weight is 347 g/mol. The number of amides is 2.